The highest BCUT2D eigenvalue weighted by molar-refractivity contribution is 5.81. The van der Waals surface area contributed by atoms with Crippen LogP contribution in [0.2, 0.25) is 0 Å². The fourth-order valence-corrected chi connectivity index (χ4v) is 5.23. The molecular weight excluding hydrogens is 373 g/mol. The summed E-state index contributed by atoms with van der Waals surface area (Å²) in [5.74, 6) is -0.280. The second-order valence-corrected chi connectivity index (χ2v) is 8.49. The number of benzene rings is 2. The fourth-order valence-electron chi connectivity index (χ4n) is 5.23. The summed E-state index contributed by atoms with van der Waals surface area (Å²) >= 11 is 0. The van der Waals surface area contributed by atoms with Gasteiger partial charge in [0.25, 0.3) is 0 Å². The van der Waals surface area contributed by atoms with Crippen LogP contribution in [-0.4, -0.2) is 30.6 Å². The number of rotatable bonds is 8. The molecule has 1 heterocycles. The number of nitrogens with zero attached hydrogens (tertiary/aromatic N) is 1. The summed E-state index contributed by atoms with van der Waals surface area (Å²) in [6.45, 7) is 10.6. The van der Waals surface area contributed by atoms with Gasteiger partial charge in [-0.05, 0) is 68.5 Å². The number of halogens is 1. The molecule has 0 amide bonds. The van der Waals surface area contributed by atoms with Gasteiger partial charge in [-0.3, -0.25) is 4.90 Å². The van der Waals surface area contributed by atoms with E-state index >= 15 is 0 Å². The molecule has 2 aromatic rings. The van der Waals surface area contributed by atoms with Crippen molar-refractivity contribution in [2.24, 2.45) is 0 Å². The molecule has 0 aromatic heterocycles. The summed E-state index contributed by atoms with van der Waals surface area (Å²) in [7, 11) is 1.81. The van der Waals surface area contributed by atoms with Crippen LogP contribution in [0.4, 0.5) is 10.1 Å². The van der Waals surface area contributed by atoms with E-state index in [0.717, 1.165) is 35.6 Å². The van der Waals surface area contributed by atoms with Gasteiger partial charge in [0.15, 0.2) is 0 Å². The molecule has 1 saturated carbocycles. The lowest BCUT2D eigenvalue weighted by Gasteiger charge is -2.54. The highest BCUT2D eigenvalue weighted by atomic mass is 19.1. The van der Waals surface area contributed by atoms with Gasteiger partial charge in [0.2, 0.25) is 0 Å². The zero-order valence-corrected chi connectivity index (χ0v) is 17.9. The second-order valence-electron chi connectivity index (χ2n) is 8.49. The van der Waals surface area contributed by atoms with Crippen LogP contribution in [0.1, 0.15) is 54.8 Å². The van der Waals surface area contributed by atoms with Gasteiger partial charge in [0, 0.05) is 29.5 Å². The quantitative estimate of drug-likeness (QED) is 0.578. The van der Waals surface area contributed by atoms with Crippen molar-refractivity contribution in [3.05, 3.63) is 78.1 Å². The highest BCUT2D eigenvalue weighted by Gasteiger charge is 2.50. The van der Waals surface area contributed by atoms with Crippen LogP contribution in [0.3, 0.4) is 0 Å². The predicted molar refractivity (Wildman–Crippen MR) is 125 cm³/mol. The van der Waals surface area contributed by atoms with Gasteiger partial charge >= 0.3 is 0 Å². The molecule has 3 nitrogen and oxygen atoms in total. The topological polar surface area (TPSA) is 27.3 Å². The Bertz CT molecular complexity index is 911. The predicted octanol–water partition coefficient (Wildman–Crippen LogP) is 5.83. The second kappa shape index (κ2) is 8.65. The summed E-state index contributed by atoms with van der Waals surface area (Å²) in [6.07, 6.45) is 7.86. The van der Waals surface area contributed by atoms with Crippen LogP contribution in [0, 0.1) is 5.82 Å². The lowest BCUT2D eigenvalue weighted by molar-refractivity contribution is 0.00377. The van der Waals surface area contributed by atoms with Crippen molar-refractivity contribution >= 4 is 17.5 Å². The van der Waals surface area contributed by atoms with Gasteiger partial charge in [-0.15, -0.1) is 0 Å². The normalized spacial score (nSPS) is 19.0. The molecule has 2 N–H and O–H groups in total. The molecule has 0 radical (unpaired) electrons. The molecule has 4 rings (SSSR count). The monoisotopic (exact) mass is 405 g/mol. The van der Waals surface area contributed by atoms with E-state index in [1.54, 1.807) is 6.08 Å². The van der Waals surface area contributed by atoms with E-state index in [1.165, 1.54) is 49.8 Å². The van der Waals surface area contributed by atoms with Crippen molar-refractivity contribution in [2.75, 3.05) is 25.5 Å². The minimum absolute atomic E-state index is 0.106. The molecule has 1 atom stereocenters. The lowest BCUT2D eigenvalue weighted by atomic mass is 9.68. The Hall–Kier alpha value is -2.59. The summed E-state index contributed by atoms with van der Waals surface area (Å²) in [4.78, 5) is 2.69. The van der Waals surface area contributed by atoms with Gasteiger partial charge < -0.3 is 10.6 Å². The highest BCUT2D eigenvalue weighted by Crippen LogP contribution is 2.49. The fraction of sp³-hybridized carbons (Fsp3) is 0.385. The number of nitrogens with one attached hydrogen (secondary N) is 2. The Kier molecular flexibility index (Phi) is 5.96. The maximum atomic E-state index is 14.1. The first-order chi connectivity index (χ1) is 14.6. The molecule has 0 bridgehead atoms. The van der Waals surface area contributed by atoms with Crippen LogP contribution in [0.15, 0.2) is 55.6 Å². The van der Waals surface area contributed by atoms with Crippen LogP contribution in [-0.2, 0) is 0 Å². The SMILES string of the molecule is C=Cc1cc(F)cc(NC)c1C(=C)NC(c1ccccc1)C1(N2CCCC2)CCC1. The first-order valence-corrected chi connectivity index (χ1v) is 11.0. The minimum atomic E-state index is -0.280. The zero-order valence-electron chi connectivity index (χ0n) is 17.9. The Morgan fingerprint density at radius 1 is 1.13 bits per heavy atom. The maximum absolute atomic E-state index is 14.1. The van der Waals surface area contributed by atoms with Crippen LogP contribution >= 0.6 is 0 Å². The van der Waals surface area contributed by atoms with E-state index < -0.39 is 0 Å². The van der Waals surface area contributed by atoms with Crippen LogP contribution < -0.4 is 10.6 Å². The average Bonchev–Trinajstić information content (AvgIpc) is 3.26. The van der Waals surface area contributed by atoms with E-state index in [2.05, 4.69) is 59.0 Å². The molecule has 2 aromatic carbocycles. The first kappa shape index (κ1) is 20.7. The van der Waals surface area contributed by atoms with Gasteiger partial charge in [0.1, 0.15) is 5.82 Å². The Labute approximate surface area is 179 Å². The third kappa shape index (κ3) is 3.65. The standard InChI is InChI=1S/C26H32FN3/c1-4-20-17-22(27)18-23(28-3)24(20)19(2)29-25(21-11-6-5-7-12-21)26(13-10-14-26)30-15-8-9-16-30/h4-7,11-12,17-18,25,28-29H,1-2,8-10,13-16H2,3H3. The van der Waals surface area contributed by atoms with Gasteiger partial charge in [-0.1, -0.05) is 49.6 Å². The van der Waals surface area contributed by atoms with E-state index in [1.807, 2.05) is 7.05 Å². The summed E-state index contributed by atoms with van der Waals surface area (Å²) in [5, 5.41) is 6.92. The molecule has 1 aliphatic heterocycles. The molecular formula is C26H32FN3. The Morgan fingerprint density at radius 3 is 2.40 bits per heavy atom. The lowest BCUT2D eigenvalue weighted by Crippen LogP contribution is -2.59. The number of likely N-dealkylation sites (tertiary alicyclic amines) is 1. The summed E-state index contributed by atoms with van der Waals surface area (Å²) in [6, 6.07) is 13.9. The number of anilines is 1. The molecule has 0 spiro atoms. The van der Waals surface area contributed by atoms with E-state index in [-0.39, 0.29) is 17.4 Å². The largest absolute Gasteiger partial charge is 0.387 e. The molecule has 1 saturated heterocycles. The minimum Gasteiger partial charge on any atom is -0.387 e. The van der Waals surface area contributed by atoms with Crippen molar-refractivity contribution in [3.63, 3.8) is 0 Å². The van der Waals surface area contributed by atoms with E-state index in [9.17, 15) is 4.39 Å². The smallest absolute Gasteiger partial charge is 0.125 e. The third-order valence-electron chi connectivity index (χ3n) is 6.87. The van der Waals surface area contributed by atoms with Gasteiger partial charge in [0.05, 0.1) is 6.04 Å². The van der Waals surface area contributed by atoms with Crippen LogP contribution in [0.25, 0.3) is 11.8 Å². The van der Waals surface area contributed by atoms with Crippen molar-refractivity contribution in [1.29, 1.82) is 0 Å². The number of hydrogen-bond donors (Lipinski definition) is 2. The average molecular weight is 406 g/mol. The van der Waals surface area contributed by atoms with E-state index in [4.69, 9.17) is 0 Å². The molecule has 1 unspecified atom stereocenters. The summed E-state index contributed by atoms with van der Waals surface area (Å²) < 4.78 is 14.1. The molecule has 2 aliphatic rings. The zero-order chi connectivity index (χ0) is 21.1. The molecule has 158 valence electrons. The molecule has 2 fully saturated rings. The van der Waals surface area contributed by atoms with Crippen molar-refractivity contribution < 1.29 is 4.39 Å². The van der Waals surface area contributed by atoms with Crippen LogP contribution in [0.5, 0.6) is 0 Å². The Balaban J connectivity index is 1.73. The van der Waals surface area contributed by atoms with Gasteiger partial charge in [-0.25, -0.2) is 4.39 Å². The van der Waals surface area contributed by atoms with Crippen molar-refractivity contribution in [1.82, 2.24) is 10.2 Å². The summed E-state index contributed by atoms with van der Waals surface area (Å²) in [5.41, 5.74) is 4.53. The molecule has 1 aliphatic carbocycles. The third-order valence-corrected chi connectivity index (χ3v) is 6.87. The molecule has 4 heteroatoms. The van der Waals surface area contributed by atoms with Crippen molar-refractivity contribution in [3.8, 4) is 0 Å². The maximum Gasteiger partial charge on any atom is 0.125 e. The number of hydrogen-bond acceptors (Lipinski definition) is 3. The first-order valence-electron chi connectivity index (χ1n) is 11.0. The molecule has 30 heavy (non-hydrogen) atoms. The van der Waals surface area contributed by atoms with Gasteiger partial charge in [-0.2, -0.15) is 0 Å². The van der Waals surface area contributed by atoms with Crippen molar-refractivity contribution in [2.45, 2.75) is 43.7 Å². The Morgan fingerprint density at radius 2 is 1.83 bits per heavy atom. The van der Waals surface area contributed by atoms with E-state index in [0.29, 0.717) is 0 Å².